The van der Waals surface area contributed by atoms with Crippen LogP contribution in [-0.2, 0) is 6.54 Å². The molecule has 20 heavy (non-hydrogen) atoms. The summed E-state index contributed by atoms with van der Waals surface area (Å²) in [4.78, 5) is 15.1. The van der Waals surface area contributed by atoms with Crippen molar-refractivity contribution in [3.05, 3.63) is 40.5 Å². The highest BCUT2D eigenvalue weighted by molar-refractivity contribution is 7.05. The van der Waals surface area contributed by atoms with Crippen molar-refractivity contribution in [2.75, 3.05) is 7.05 Å². The van der Waals surface area contributed by atoms with Crippen LogP contribution in [0.4, 0.5) is 0 Å². The van der Waals surface area contributed by atoms with Gasteiger partial charge in [-0.3, -0.25) is 9.89 Å². The number of fused-ring (bicyclic) bond motifs is 1. The van der Waals surface area contributed by atoms with Gasteiger partial charge in [0.2, 0.25) is 0 Å². The van der Waals surface area contributed by atoms with Gasteiger partial charge in [0.25, 0.3) is 5.91 Å². The Morgan fingerprint density at radius 2 is 2.20 bits per heavy atom. The fourth-order valence-corrected chi connectivity index (χ4v) is 2.68. The zero-order valence-electron chi connectivity index (χ0n) is 11.1. The summed E-state index contributed by atoms with van der Waals surface area (Å²) < 4.78 is 3.88. The van der Waals surface area contributed by atoms with Crippen LogP contribution in [0.15, 0.2) is 24.3 Å². The molecule has 2 heterocycles. The van der Waals surface area contributed by atoms with Gasteiger partial charge in [0.05, 0.1) is 22.6 Å². The molecule has 2 aromatic heterocycles. The number of aromatic nitrogens is 4. The summed E-state index contributed by atoms with van der Waals surface area (Å²) in [6.07, 6.45) is 0. The minimum atomic E-state index is -0.116. The smallest absolute Gasteiger partial charge is 0.275 e. The number of hydrogen-bond donors (Lipinski definition) is 1. The molecule has 0 saturated heterocycles. The van der Waals surface area contributed by atoms with Gasteiger partial charge in [-0.05, 0) is 24.5 Å². The quantitative estimate of drug-likeness (QED) is 0.799. The lowest BCUT2D eigenvalue weighted by Gasteiger charge is -2.14. The molecule has 0 aliphatic carbocycles. The van der Waals surface area contributed by atoms with Gasteiger partial charge < -0.3 is 4.90 Å². The van der Waals surface area contributed by atoms with Gasteiger partial charge in [-0.1, -0.05) is 22.7 Å². The predicted octanol–water partition coefficient (Wildman–Crippen LogP) is 2.00. The van der Waals surface area contributed by atoms with Gasteiger partial charge in [-0.15, -0.1) is 5.10 Å². The minimum absolute atomic E-state index is 0.116. The Morgan fingerprint density at radius 3 is 2.95 bits per heavy atom. The number of rotatable bonds is 3. The number of nitrogens with one attached hydrogen (secondary N) is 1. The van der Waals surface area contributed by atoms with E-state index in [0.717, 1.165) is 21.5 Å². The zero-order chi connectivity index (χ0) is 14.1. The number of hydrogen-bond acceptors (Lipinski definition) is 5. The van der Waals surface area contributed by atoms with Gasteiger partial charge >= 0.3 is 0 Å². The third kappa shape index (κ3) is 2.16. The molecule has 0 atom stereocenters. The predicted molar refractivity (Wildman–Crippen MR) is 76.5 cm³/mol. The van der Waals surface area contributed by atoms with E-state index in [1.807, 2.05) is 31.2 Å². The van der Waals surface area contributed by atoms with E-state index in [1.165, 1.54) is 11.5 Å². The van der Waals surface area contributed by atoms with Gasteiger partial charge in [0, 0.05) is 12.4 Å². The molecule has 3 rings (SSSR count). The lowest BCUT2D eigenvalue weighted by Crippen LogP contribution is -2.26. The molecule has 7 heteroatoms. The van der Waals surface area contributed by atoms with E-state index >= 15 is 0 Å². The first-order valence-electron chi connectivity index (χ1n) is 6.13. The molecule has 0 saturated carbocycles. The maximum absolute atomic E-state index is 12.5. The Bertz CT molecular complexity index is 763. The normalized spacial score (nSPS) is 10.9. The monoisotopic (exact) mass is 287 g/mol. The molecule has 3 aromatic rings. The summed E-state index contributed by atoms with van der Waals surface area (Å²) in [7, 11) is 1.75. The highest BCUT2D eigenvalue weighted by atomic mass is 32.1. The molecule has 0 aliphatic heterocycles. The number of carbonyl (C=O) groups excluding carboxylic acids is 1. The van der Waals surface area contributed by atoms with Crippen LogP contribution in [-0.4, -0.2) is 37.6 Å². The minimum Gasteiger partial charge on any atom is -0.335 e. The van der Waals surface area contributed by atoms with Crippen molar-refractivity contribution >= 4 is 28.3 Å². The van der Waals surface area contributed by atoms with Crippen molar-refractivity contribution < 1.29 is 4.79 Å². The highest BCUT2D eigenvalue weighted by Crippen LogP contribution is 2.18. The van der Waals surface area contributed by atoms with Gasteiger partial charge in [-0.25, -0.2) is 0 Å². The first kappa shape index (κ1) is 12.7. The Kier molecular flexibility index (Phi) is 3.19. The number of aromatic amines is 1. The number of aryl methyl sites for hydroxylation is 1. The average Bonchev–Trinajstić information content (AvgIpc) is 3.05. The van der Waals surface area contributed by atoms with Gasteiger partial charge in [0.15, 0.2) is 5.69 Å². The fraction of sp³-hybridized carbons (Fsp3) is 0.231. The van der Waals surface area contributed by atoms with Crippen molar-refractivity contribution in [3.8, 4) is 0 Å². The third-order valence-electron chi connectivity index (χ3n) is 3.15. The van der Waals surface area contributed by atoms with E-state index in [-0.39, 0.29) is 5.91 Å². The molecule has 0 unspecified atom stereocenters. The number of carbonyl (C=O) groups is 1. The first-order chi connectivity index (χ1) is 9.66. The Labute approximate surface area is 119 Å². The van der Waals surface area contributed by atoms with Gasteiger partial charge in [-0.2, -0.15) is 5.10 Å². The topological polar surface area (TPSA) is 74.8 Å². The second kappa shape index (κ2) is 5.01. The zero-order valence-corrected chi connectivity index (χ0v) is 11.9. The van der Waals surface area contributed by atoms with E-state index in [4.69, 9.17) is 0 Å². The van der Waals surface area contributed by atoms with Crippen molar-refractivity contribution in [1.82, 2.24) is 24.7 Å². The molecule has 0 bridgehead atoms. The summed E-state index contributed by atoms with van der Waals surface area (Å²) in [6, 6.07) is 7.59. The molecule has 1 N–H and O–H groups in total. The molecule has 102 valence electrons. The maximum atomic E-state index is 12.5. The second-order valence-corrected chi connectivity index (χ2v) is 5.40. The Balaban J connectivity index is 1.87. The van der Waals surface area contributed by atoms with Crippen LogP contribution >= 0.6 is 11.5 Å². The summed E-state index contributed by atoms with van der Waals surface area (Å²) >= 11 is 1.31. The summed E-state index contributed by atoms with van der Waals surface area (Å²) in [5, 5.41) is 11.8. The fourth-order valence-electron chi connectivity index (χ4n) is 1.99. The third-order valence-corrected chi connectivity index (χ3v) is 3.95. The van der Waals surface area contributed by atoms with Crippen molar-refractivity contribution in [3.63, 3.8) is 0 Å². The Hall–Kier alpha value is -2.28. The number of benzene rings is 1. The lowest BCUT2D eigenvalue weighted by atomic mass is 10.2. The van der Waals surface area contributed by atoms with E-state index in [0.29, 0.717) is 12.2 Å². The van der Waals surface area contributed by atoms with Crippen molar-refractivity contribution in [2.24, 2.45) is 0 Å². The number of para-hydroxylation sites is 1. The molecule has 0 fully saturated rings. The van der Waals surface area contributed by atoms with Crippen LogP contribution in [0.5, 0.6) is 0 Å². The highest BCUT2D eigenvalue weighted by Gasteiger charge is 2.19. The van der Waals surface area contributed by atoms with Gasteiger partial charge in [0.1, 0.15) is 0 Å². The van der Waals surface area contributed by atoms with Crippen LogP contribution in [0.3, 0.4) is 0 Å². The number of amides is 1. The SMILES string of the molecule is Cc1nnsc1CN(C)C(=O)c1n[nH]c2ccccc12. The van der Waals surface area contributed by atoms with E-state index < -0.39 is 0 Å². The number of nitrogens with zero attached hydrogens (tertiary/aromatic N) is 4. The summed E-state index contributed by atoms with van der Waals surface area (Å²) in [6.45, 7) is 2.38. The van der Waals surface area contributed by atoms with Crippen LogP contribution < -0.4 is 0 Å². The largest absolute Gasteiger partial charge is 0.335 e. The Morgan fingerprint density at radius 1 is 1.40 bits per heavy atom. The van der Waals surface area contributed by atoms with E-state index in [1.54, 1.807) is 11.9 Å². The molecule has 0 radical (unpaired) electrons. The maximum Gasteiger partial charge on any atom is 0.275 e. The molecule has 0 spiro atoms. The lowest BCUT2D eigenvalue weighted by molar-refractivity contribution is 0.0782. The number of H-pyrrole nitrogens is 1. The first-order valence-corrected chi connectivity index (χ1v) is 6.90. The van der Waals surface area contributed by atoms with E-state index in [9.17, 15) is 4.79 Å². The molecule has 6 nitrogen and oxygen atoms in total. The molecular formula is C13H13N5OS. The molecular weight excluding hydrogens is 274 g/mol. The van der Waals surface area contributed by atoms with Crippen LogP contribution in [0.1, 0.15) is 21.1 Å². The van der Waals surface area contributed by atoms with E-state index in [2.05, 4.69) is 19.8 Å². The standard InChI is InChI=1S/C13H13N5OS/c1-8-11(20-17-14-8)7-18(2)13(19)12-9-5-3-4-6-10(9)15-16-12/h3-6H,7H2,1-2H3,(H,15,16). The van der Waals surface area contributed by atoms with Crippen LogP contribution in [0.25, 0.3) is 10.9 Å². The molecule has 0 aliphatic rings. The van der Waals surface area contributed by atoms with Crippen molar-refractivity contribution in [2.45, 2.75) is 13.5 Å². The second-order valence-electron chi connectivity index (χ2n) is 4.56. The van der Waals surface area contributed by atoms with Crippen LogP contribution in [0, 0.1) is 6.92 Å². The average molecular weight is 287 g/mol. The molecule has 1 aromatic carbocycles. The summed E-state index contributed by atoms with van der Waals surface area (Å²) in [5.41, 5.74) is 2.17. The van der Waals surface area contributed by atoms with Crippen molar-refractivity contribution in [1.29, 1.82) is 0 Å². The van der Waals surface area contributed by atoms with Crippen LogP contribution in [0.2, 0.25) is 0 Å². The summed E-state index contributed by atoms with van der Waals surface area (Å²) in [5.74, 6) is -0.116. The molecule has 1 amide bonds.